The summed E-state index contributed by atoms with van der Waals surface area (Å²) in [4.78, 5) is 21.0. The van der Waals surface area contributed by atoms with Crippen LogP contribution in [-0.4, -0.2) is 63.6 Å². The zero-order valence-electron chi connectivity index (χ0n) is 23.4. The summed E-state index contributed by atoms with van der Waals surface area (Å²) in [6.45, 7) is 6.03. The summed E-state index contributed by atoms with van der Waals surface area (Å²) < 4.78 is 89.5. The molecule has 1 aliphatic rings. The van der Waals surface area contributed by atoms with Crippen molar-refractivity contribution in [2.45, 2.75) is 33.5 Å². The van der Waals surface area contributed by atoms with Crippen molar-refractivity contribution in [2.24, 2.45) is 0 Å². The lowest BCUT2D eigenvalue weighted by Crippen LogP contribution is -2.48. The molecule has 2 aromatic heterocycles. The van der Waals surface area contributed by atoms with E-state index in [0.29, 0.717) is 21.9 Å². The normalized spacial score (nSPS) is 14.1. The molecule has 0 atom stereocenters. The molecule has 0 radical (unpaired) electrons. The number of hydrogen-bond donors (Lipinski definition) is 0. The number of benzene rings is 2. The molecule has 224 valence electrons. The van der Waals surface area contributed by atoms with E-state index >= 15 is 0 Å². The van der Waals surface area contributed by atoms with Crippen LogP contribution in [0.25, 0.3) is 16.9 Å². The van der Waals surface area contributed by atoms with Crippen molar-refractivity contribution in [1.82, 2.24) is 24.4 Å². The molecular weight excluding hydrogens is 564 g/mol. The van der Waals surface area contributed by atoms with E-state index in [1.807, 2.05) is 13.8 Å². The third kappa shape index (κ3) is 6.06. The third-order valence-electron chi connectivity index (χ3n) is 6.87. The van der Waals surface area contributed by atoms with Crippen molar-refractivity contribution in [3.63, 3.8) is 0 Å². The molecule has 13 heteroatoms. The molecule has 4 aromatic rings. The maximum absolute atomic E-state index is 14.2. The number of nitrogens with zero attached hydrogens (tertiary/aromatic N) is 5. The minimum absolute atomic E-state index is 0.0474. The lowest BCUT2D eigenvalue weighted by atomic mass is 10.0. The lowest BCUT2D eigenvalue weighted by Gasteiger charge is -2.34. The largest absolute Gasteiger partial charge is 0.497 e. The molecule has 42 heavy (non-hydrogen) atoms. The van der Waals surface area contributed by atoms with Gasteiger partial charge in [0, 0.05) is 55.5 Å². The molecule has 1 amide bonds. The van der Waals surface area contributed by atoms with Gasteiger partial charge in [0.15, 0.2) is 23.0 Å². The first kappa shape index (κ1) is 30.8. The first-order valence-corrected chi connectivity index (χ1v) is 13.2. The minimum Gasteiger partial charge on any atom is -0.497 e. The van der Waals surface area contributed by atoms with E-state index < -0.39 is 35.2 Å². The van der Waals surface area contributed by atoms with Gasteiger partial charge in [-0.25, -0.2) is 22.7 Å². The first-order chi connectivity index (χ1) is 20.0. The number of carbonyl (C=O) groups is 1. The van der Waals surface area contributed by atoms with Gasteiger partial charge in [0.05, 0.1) is 19.0 Å². The van der Waals surface area contributed by atoms with Gasteiger partial charge in [0.1, 0.15) is 17.1 Å². The fourth-order valence-electron chi connectivity index (χ4n) is 4.83. The van der Waals surface area contributed by atoms with Crippen molar-refractivity contribution >= 4 is 11.6 Å². The number of ether oxygens (including phenoxy) is 1. The maximum atomic E-state index is 14.2. The lowest BCUT2D eigenvalue weighted by molar-refractivity contribution is -0.143. The highest BCUT2D eigenvalue weighted by molar-refractivity contribution is 6.00. The van der Waals surface area contributed by atoms with Gasteiger partial charge >= 0.3 is 6.18 Å². The molecule has 0 spiro atoms. The molecule has 3 heterocycles. The first-order valence-electron chi connectivity index (χ1n) is 13.2. The van der Waals surface area contributed by atoms with Crippen LogP contribution >= 0.6 is 0 Å². The smallest absolute Gasteiger partial charge is 0.433 e. The Kier molecular flexibility index (Phi) is 9.09. The molecule has 0 saturated carbocycles. The van der Waals surface area contributed by atoms with E-state index in [1.54, 1.807) is 29.2 Å². The van der Waals surface area contributed by atoms with Crippen molar-refractivity contribution in [2.75, 3.05) is 33.3 Å². The van der Waals surface area contributed by atoms with Crippen LogP contribution in [0.3, 0.4) is 0 Å². The summed E-state index contributed by atoms with van der Waals surface area (Å²) in [5.41, 5.74) is -1.24. The van der Waals surface area contributed by atoms with E-state index in [-0.39, 0.29) is 60.8 Å². The summed E-state index contributed by atoms with van der Waals surface area (Å²) in [6.07, 6.45) is -3.72. The molecule has 0 N–H and O–H groups in total. The standard InChI is InChI=1S/C27H23F6N5O2.C2H6/c1-15-23(16-3-5-19(40-2)6-4-16)35-25-20(13-34-38(25)24(15)27(31,32)33)26(39)37-9-7-36(8-10-37)14-17-11-18(28)12-21(29)22(17)30;1-2/h3-6,11-13H,7-10,14H2,1-2H3;1-2H3. The molecule has 1 fully saturated rings. The number of carbonyl (C=O) groups excluding carboxylic acids is 1. The minimum atomic E-state index is -4.78. The van der Waals surface area contributed by atoms with E-state index in [4.69, 9.17) is 4.74 Å². The van der Waals surface area contributed by atoms with Gasteiger partial charge in [-0.3, -0.25) is 9.69 Å². The SMILES string of the molecule is CC.COc1ccc(-c2nc3c(C(=O)N4CCN(Cc5cc(F)cc(F)c5F)CC4)cnn3c(C(F)(F)F)c2C)cc1. The van der Waals surface area contributed by atoms with Crippen LogP contribution in [0.4, 0.5) is 26.3 Å². The predicted octanol–water partition coefficient (Wildman–Crippen LogP) is 6.13. The third-order valence-corrected chi connectivity index (χ3v) is 6.87. The van der Waals surface area contributed by atoms with Gasteiger partial charge < -0.3 is 9.64 Å². The molecule has 0 aliphatic carbocycles. The second kappa shape index (κ2) is 12.4. The Bertz CT molecular complexity index is 1580. The van der Waals surface area contributed by atoms with E-state index in [1.165, 1.54) is 18.9 Å². The summed E-state index contributed by atoms with van der Waals surface area (Å²) in [5, 5.41) is 3.86. The van der Waals surface area contributed by atoms with Crippen LogP contribution in [0.15, 0.2) is 42.6 Å². The average Bonchev–Trinajstić information content (AvgIpc) is 3.38. The Morgan fingerprint density at radius 3 is 2.24 bits per heavy atom. The Balaban J connectivity index is 0.00000198. The monoisotopic (exact) mass is 593 g/mol. The number of piperazine rings is 1. The number of methoxy groups -OCH3 is 1. The predicted molar refractivity (Wildman–Crippen MR) is 144 cm³/mol. The summed E-state index contributed by atoms with van der Waals surface area (Å²) in [7, 11) is 1.47. The van der Waals surface area contributed by atoms with Crippen LogP contribution < -0.4 is 4.74 Å². The molecule has 2 aromatic carbocycles. The highest BCUT2D eigenvalue weighted by atomic mass is 19.4. The van der Waals surface area contributed by atoms with Crippen molar-refractivity contribution < 1.29 is 35.9 Å². The zero-order chi connectivity index (χ0) is 30.8. The van der Waals surface area contributed by atoms with Gasteiger partial charge in [-0.1, -0.05) is 13.8 Å². The van der Waals surface area contributed by atoms with E-state index in [0.717, 1.165) is 12.3 Å². The highest BCUT2D eigenvalue weighted by Gasteiger charge is 2.39. The van der Waals surface area contributed by atoms with Gasteiger partial charge in [0.2, 0.25) is 0 Å². The molecule has 0 unspecified atom stereocenters. The van der Waals surface area contributed by atoms with Crippen LogP contribution in [0.1, 0.15) is 41.0 Å². The fourth-order valence-corrected chi connectivity index (χ4v) is 4.83. The average molecular weight is 594 g/mol. The van der Waals surface area contributed by atoms with Gasteiger partial charge in [-0.2, -0.15) is 18.3 Å². The number of alkyl halides is 3. The molecule has 1 saturated heterocycles. The number of aromatic nitrogens is 3. The number of fused-ring (bicyclic) bond motifs is 1. The van der Waals surface area contributed by atoms with Crippen molar-refractivity contribution in [1.29, 1.82) is 0 Å². The Morgan fingerprint density at radius 2 is 1.64 bits per heavy atom. The summed E-state index contributed by atoms with van der Waals surface area (Å²) in [5.74, 6) is -3.37. The number of amides is 1. The highest BCUT2D eigenvalue weighted by Crippen LogP contribution is 2.37. The number of hydrogen-bond acceptors (Lipinski definition) is 5. The molecule has 0 bridgehead atoms. The summed E-state index contributed by atoms with van der Waals surface area (Å²) >= 11 is 0. The topological polar surface area (TPSA) is 63.0 Å². The van der Waals surface area contributed by atoms with Gasteiger partial charge in [0.25, 0.3) is 5.91 Å². The molecule has 7 nitrogen and oxygen atoms in total. The van der Waals surface area contributed by atoms with Crippen molar-refractivity contribution in [3.8, 4) is 17.0 Å². The molecule has 5 rings (SSSR count). The zero-order valence-corrected chi connectivity index (χ0v) is 23.4. The maximum Gasteiger partial charge on any atom is 0.433 e. The Labute approximate surface area is 238 Å². The van der Waals surface area contributed by atoms with Crippen LogP contribution in [-0.2, 0) is 12.7 Å². The molecular formula is C29H29F6N5O2. The van der Waals surface area contributed by atoms with E-state index in [9.17, 15) is 31.1 Å². The fraction of sp³-hybridized carbons (Fsp3) is 0.345. The van der Waals surface area contributed by atoms with Crippen LogP contribution in [0, 0.1) is 24.4 Å². The summed E-state index contributed by atoms with van der Waals surface area (Å²) in [6, 6.07) is 7.73. The van der Waals surface area contributed by atoms with Crippen LogP contribution in [0.5, 0.6) is 5.75 Å². The molecule has 1 aliphatic heterocycles. The Hall–Kier alpha value is -4.13. The van der Waals surface area contributed by atoms with E-state index in [2.05, 4.69) is 10.1 Å². The van der Waals surface area contributed by atoms with Crippen molar-refractivity contribution in [3.05, 3.63) is 82.4 Å². The number of rotatable bonds is 5. The number of halogens is 6. The Morgan fingerprint density at radius 1 is 1.00 bits per heavy atom. The van der Waals surface area contributed by atoms with Crippen LogP contribution in [0.2, 0.25) is 0 Å². The quantitative estimate of drug-likeness (QED) is 0.206. The second-order valence-electron chi connectivity index (χ2n) is 9.38. The second-order valence-corrected chi connectivity index (χ2v) is 9.38. The van der Waals surface area contributed by atoms with Gasteiger partial charge in [-0.15, -0.1) is 0 Å². The van der Waals surface area contributed by atoms with Gasteiger partial charge in [-0.05, 0) is 37.3 Å².